The maximum Gasteiger partial charge on any atom is 0.237 e. The Kier molecular flexibility index (Phi) is 5.63. The number of amides is 1. The number of rotatable bonds is 5. The van der Waals surface area contributed by atoms with E-state index < -0.39 is 6.04 Å². The Balaban J connectivity index is 2.59. The van der Waals surface area contributed by atoms with Gasteiger partial charge in [0.05, 0.1) is 12.1 Å². The van der Waals surface area contributed by atoms with Crippen molar-refractivity contribution in [2.45, 2.75) is 39.3 Å². The van der Waals surface area contributed by atoms with E-state index >= 15 is 0 Å². The monoisotopic (exact) mass is 268 g/mol. The molecule has 0 saturated carbocycles. The van der Waals surface area contributed by atoms with Crippen molar-refractivity contribution in [2.75, 3.05) is 0 Å². The molecule has 0 aliphatic rings. The predicted octanol–water partition coefficient (Wildman–Crippen LogP) is 2.89. The fourth-order valence-corrected chi connectivity index (χ4v) is 1.99. The summed E-state index contributed by atoms with van der Waals surface area (Å²) < 4.78 is 0. The molecule has 100 valence electrons. The molecule has 0 bridgehead atoms. The van der Waals surface area contributed by atoms with Gasteiger partial charge >= 0.3 is 0 Å². The number of carbonyl (C=O) groups excluding carboxylic acids is 1. The molecule has 1 unspecified atom stereocenters. The lowest BCUT2D eigenvalue weighted by molar-refractivity contribution is -0.123. The number of nitrogens with two attached hydrogens (primary N) is 1. The maximum atomic E-state index is 11.9. The van der Waals surface area contributed by atoms with E-state index in [2.05, 4.69) is 5.32 Å². The second-order valence-electron chi connectivity index (χ2n) is 5.02. The zero-order chi connectivity index (χ0) is 13.7. The Morgan fingerprint density at radius 2 is 2.06 bits per heavy atom. The molecular formula is C14H21ClN2O. The molecule has 4 heteroatoms. The second kappa shape index (κ2) is 6.76. The van der Waals surface area contributed by atoms with E-state index in [-0.39, 0.29) is 11.9 Å². The molecule has 2 atom stereocenters. The molecule has 1 aromatic carbocycles. The minimum absolute atomic E-state index is 0.0885. The van der Waals surface area contributed by atoms with E-state index in [1.54, 1.807) is 0 Å². The Bertz CT molecular complexity index is 407. The van der Waals surface area contributed by atoms with Gasteiger partial charge in [0.2, 0.25) is 5.91 Å². The lowest BCUT2D eigenvalue weighted by Gasteiger charge is -2.19. The second-order valence-corrected chi connectivity index (χ2v) is 5.46. The third-order valence-electron chi connectivity index (χ3n) is 2.77. The van der Waals surface area contributed by atoms with Crippen molar-refractivity contribution >= 4 is 17.5 Å². The fourth-order valence-electron chi connectivity index (χ4n) is 1.79. The van der Waals surface area contributed by atoms with Gasteiger partial charge in [-0.2, -0.15) is 0 Å². The van der Waals surface area contributed by atoms with Crippen molar-refractivity contribution in [1.82, 2.24) is 5.32 Å². The van der Waals surface area contributed by atoms with Gasteiger partial charge in [-0.25, -0.2) is 0 Å². The molecule has 0 radical (unpaired) electrons. The van der Waals surface area contributed by atoms with Crippen LogP contribution >= 0.6 is 11.6 Å². The molecule has 0 heterocycles. The summed E-state index contributed by atoms with van der Waals surface area (Å²) in [6.07, 6.45) is 0.689. The topological polar surface area (TPSA) is 55.1 Å². The number of halogens is 1. The number of nitrogens with one attached hydrogen (secondary N) is 1. The Hall–Kier alpha value is -1.06. The number of hydrogen-bond acceptors (Lipinski definition) is 2. The summed E-state index contributed by atoms with van der Waals surface area (Å²) in [5.41, 5.74) is 6.82. The van der Waals surface area contributed by atoms with Gasteiger partial charge in [-0.3, -0.25) is 4.79 Å². The van der Waals surface area contributed by atoms with Crippen LogP contribution in [0.4, 0.5) is 0 Å². The van der Waals surface area contributed by atoms with Crippen LogP contribution in [-0.4, -0.2) is 11.9 Å². The molecule has 0 fully saturated rings. The SMILES string of the molecule is CC(C)C[C@H](N)C(=O)NC(C)c1cccc(Cl)c1. The number of hydrogen-bond donors (Lipinski definition) is 2. The van der Waals surface area contributed by atoms with Crippen LogP contribution in [0.25, 0.3) is 0 Å². The molecular weight excluding hydrogens is 248 g/mol. The van der Waals surface area contributed by atoms with Gasteiger partial charge in [-0.05, 0) is 37.0 Å². The van der Waals surface area contributed by atoms with Crippen LogP contribution in [0.3, 0.4) is 0 Å². The molecule has 1 rings (SSSR count). The van der Waals surface area contributed by atoms with E-state index in [1.807, 2.05) is 45.0 Å². The molecule has 0 aliphatic heterocycles. The lowest BCUT2D eigenvalue weighted by Crippen LogP contribution is -2.42. The van der Waals surface area contributed by atoms with E-state index in [0.29, 0.717) is 17.4 Å². The van der Waals surface area contributed by atoms with Crippen LogP contribution in [0.5, 0.6) is 0 Å². The molecule has 0 saturated heterocycles. The summed E-state index contributed by atoms with van der Waals surface area (Å²) >= 11 is 5.92. The van der Waals surface area contributed by atoms with E-state index in [4.69, 9.17) is 17.3 Å². The van der Waals surface area contributed by atoms with Crippen LogP contribution in [0, 0.1) is 5.92 Å². The largest absolute Gasteiger partial charge is 0.348 e. The van der Waals surface area contributed by atoms with Crippen molar-refractivity contribution in [3.63, 3.8) is 0 Å². The van der Waals surface area contributed by atoms with Gasteiger partial charge in [0.1, 0.15) is 0 Å². The average Bonchev–Trinajstić information content (AvgIpc) is 2.27. The first kappa shape index (κ1) is 15.0. The lowest BCUT2D eigenvalue weighted by atomic mass is 10.0. The molecule has 0 spiro atoms. The van der Waals surface area contributed by atoms with Crippen LogP contribution in [0.1, 0.15) is 38.8 Å². The summed E-state index contributed by atoms with van der Waals surface area (Å²) in [4.78, 5) is 11.9. The first-order chi connectivity index (χ1) is 8.40. The maximum absolute atomic E-state index is 11.9. The van der Waals surface area contributed by atoms with Crippen LogP contribution < -0.4 is 11.1 Å². The van der Waals surface area contributed by atoms with Gasteiger partial charge in [-0.15, -0.1) is 0 Å². The number of carbonyl (C=O) groups is 1. The molecule has 1 aromatic rings. The third kappa shape index (κ3) is 4.67. The standard InChI is InChI=1S/C14H21ClN2O/c1-9(2)7-13(16)14(18)17-10(3)11-5-4-6-12(15)8-11/h4-6,8-10,13H,7,16H2,1-3H3,(H,17,18)/t10?,13-/m0/s1. The molecule has 0 aromatic heterocycles. The number of benzene rings is 1. The third-order valence-corrected chi connectivity index (χ3v) is 3.00. The molecule has 18 heavy (non-hydrogen) atoms. The summed E-state index contributed by atoms with van der Waals surface area (Å²) in [6, 6.07) is 6.92. The first-order valence-electron chi connectivity index (χ1n) is 6.21. The van der Waals surface area contributed by atoms with E-state index in [0.717, 1.165) is 5.56 Å². The van der Waals surface area contributed by atoms with Crippen molar-refractivity contribution in [1.29, 1.82) is 0 Å². The van der Waals surface area contributed by atoms with Gasteiger partial charge in [0, 0.05) is 5.02 Å². The molecule has 1 amide bonds. The van der Waals surface area contributed by atoms with Crippen molar-refractivity contribution < 1.29 is 4.79 Å². The molecule has 0 aliphatic carbocycles. The van der Waals surface area contributed by atoms with Gasteiger partial charge in [0.25, 0.3) is 0 Å². The normalized spacial score (nSPS) is 14.3. The zero-order valence-corrected chi connectivity index (χ0v) is 11.9. The van der Waals surface area contributed by atoms with E-state index in [9.17, 15) is 4.79 Å². The van der Waals surface area contributed by atoms with Gasteiger partial charge in [-0.1, -0.05) is 37.6 Å². The Morgan fingerprint density at radius 1 is 1.39 bits per heavy atom. The molecule has 3 N–H and O–H groups in total. The summed E-state index contributed by atoms with van der Waals surface area (Å²) in [7, 11) is 0. The quantitative estimate of drug-likeness (QED) is 0.863. The highest BCUT2D eigenvalue weighted by Gasteiger charge is 2.17. The van der Waals surface area contributed by atoms with Crippen molar-refractivity contribution in [3.05, 3.63) is 34.9 Å². The minimum Gasteiger partial charge on any atom is -0.348 e. The average molecular weight is 269 g/mol. The van der Waals surface area contributed by atoms with Crippen molar-refractivity contribution in [2.24, 2.45) is 11.7 Å². The Labute approximate surface area is 114 Å². The van der Waals surface area contributed by atoms with Gasteiger partial charge < -0.3 is 11.1 Å². The smallest absolute Gasteiger partial charge is 0.237 e. The first-order valence-corrected chi connectivity index (χ1v) is 6.59. The molecule has 3 nitrogen and oxygen atoms in total. The predicted molar refractivity (Wildman–Crippen MR) is 75.4 cm³/mol. The highest BCUT2D eigenvalue weighted by molar-refractivity contribution is 6.30. The van der Waals surface area contributed by atoms with Gasteiger partial charge in [0.15, 0.2) is 0 Å². The highest BCUT2D eigenvalue weighted by atomic mass is 35.5. The van der Waals surface area contributed by atoms with E-state index in [1.165, 1.54) is 0 Å². The zero-order valence-electron chi connectivity index (χ0n) is 11.1. The highest BCUT2D eigenvalue weighted by Crippen LogP contribution is 2.17. The summed E-state index contributed by atoms with van der Waals surface area (Å²) in [5.74, 6) is 0.295. The summed E-state index contributed by atoms with van der Waals surface area (Å²) in [5, 5.41) is 3.57. The van der Waals surface area contributed by atoms with Crippen LogP contribution in [0.15, 0.2) is 24.3 Å². The fraction of sp³-hybridized carbons (Fsp3) is 0.500. The van der Waals surface area contributed by atoms with Crippen LogP contribution in [0.2, 0.25) is 5.02 Å². The van der Waals surface area contributed by atoms with Crippen LogP contribution in [-0.2, 0) is 4.79 Å². The summed E-state index contributed by atoms with van der Waals surface area (Å²) in [6.45, 7) is 6.02. The Morgan fingerprint density at radius 3 is 2.61 bits per heavy atom. The minimum atomic E-state index is -0.452. The van der Waals surface area contributed by atoms with Crippen molar-refractivity contribution in [3.8, 4) is 0 Å².